The second-order valence-corrected chi connectivity index (χ2v) is 7.20. The van der Waals surface area contributed by atoms with Crippen LogP contribution < -0.4 is 5.32 Å². The first kappa shape index (κ1) is 18.7. The van der Waals surface area contributed by atoms with Crippen molar-refractivity contribution in [1.82, 2.24) is 15.1 Å². The number of nitrogens with one attached hydrogen (secondary N) is 1. The normalized spacial score (nSPS) is 21.2. The van der Waals surface area contributed by atoms with Gasteiger partial charge in [0.1, 0.15) is 5.82 Å². The Hall–Kier alpha value is -2.13. The summed E-state index contributed by atoms with van der Waals surface area (Å²) in [6, 6.07) is 6.49. The van der Waals surface area contributed by atoms with E-state index in [-0.39, 0.29) is 12.4 Å². The predicted octanol–water partition coefficient (Wildman–Crippen LogP) is 2.58. The fourth-order valence-corrected chi connectivity index (χ4v) is 3.86. The lowest BCUT2D eigenvalue weighted by molar-refractivity contribution is 0.281. The molecule has 0 saturated carbocycles. The Bertz CT molecular complexity index is 675. The minimum absolute atomic E-state index is 0.247. The van der Waals surface area contributed by atoms with Gasteiger partial charge in [-0.25, -0.2) is 9.38 Å². The van der Waals surface area contributed by atoms with Gasteiger partial charge in [-0.15, -0.1) is 0 Å². The van der Waals surface area contributed by atoms with E-state index in [0.717, 1.165) is 25.6 Å². The Morgan fingerprint density at radius 2 is 2.15 bits per heavy atom. The van der Waals surface area contributed by atoms with E-state index in [2.05, 4.69) is 26.2 Å². The zero-order valence-corrected chi connectivity index (χ0v) is 15.5. The number of halogens is 1. The summed E-state index contributed by atoms with van der Waals surface area (Å²) in [6.07, 6.45) is 3.83. The van der Waals surface area contributed by atoms with Crippen LogP contribution >= 0.6 is 0 Å². The van der Waals surface area contributed by atoms with E-state index in [1.807, 2.05) is 6.92 Å². The molecule has 2 aliphatic rings. The zero-order chi connectivity index (χ0) is 18.4. The van der Waals surface area contributed by atoms with Gasteiger partial charge in [-0.2, -0.15) is 5.26 Å². The van der Waals surface area contributed by atoms with Gasteiger partial charge >= 0.3 is 0 Å². The van der Waals surface area contributed by atoms with Crippen molar-refractivity contribution >= 4 is 5.96 Å². The van der Waals surface area contributed by atoms with E-state index in [4.69, 9.17) is 5.26 Å². The highest BCUT2D eigenvalue weighted by Crippen LogP contribution is 2.20. The maximum Gasteiger partial charge on any atom is 0.194 e. The van der Waals surface area contributed by atoms with Gasteiger partial charge in [-0.3, -0.25) is 0 Å². The molecular weight excluding hydrogens is 329 g/mol. The van der Waals surface area contributed by atoms with E-state index in [1.165, 1.54) is 51.0 Å². The minimum Gasteiger partial charge on any atom is -0.357 e. The number of nitriles is 1. The molecule has 0 bridgehead atoms. The molecule has 2 heterocycles. The summed E-state index contributed by atoms with van der Waals surface area (Å²) in [4.78, 5) is 9.50. The SMILES string of the molecule is CCNC(=NCc1cc(C#N)ccc1F)N1CCC(CN2CCCC2)C1. The number of likely N-dealkylation sites (tertiary alicyclic amines) is 2. The van der Waals surface area contributed by atoms with Gasteiger partial charge in [0, 0.05) is 31.7 Å². The third kappa shape index (κ3) is 4.73. The van der Waals surface area contributed by atoms with Crippen LogP contribution in [0.2, 0.25) is 0 Å². The first-order chi connectivity index (χ1) is 12.7. The molecular formula is C20H28FN5. The van der Waals surface area contributed by atoms with Crippen molar-refractivity contribution in [2.45, 2.75) is 32.7 Å². The summed E-state index contributed by atoms with van der Waals surface area (Å²) in [5.74, 6) is 1.21. The molecule has 1 aromatic rings. The molecule has 0 radical (unpaired) electrons. The van der Waals surface area contributed by atoms with Gasteiger partial charge in [0.15, 0.2) is 5.96 Å². The van der Waals surface area contributed by atoms with Gasteiger partial charge in [0.05, 0.1) is 18.2 Å². The van der Waals surface area contributed by atoms with Crippen LogP contribution in [-0.4, -0.2) is 55.0 Å². The smallest absolute Gasteiger partial charge is 0.194 e. The van der Waals surface area contributed by atoms with Crippen molar-refractivity contribution in [3.05, 3.63) is 35.1 Å². The molecule has 0 spiro atoms. The summed E-state index contributed by atoms with van der Waals surface area (Å²) in [7, 11) is 0. The van der Waals surface area contributed by atoms with Gasteiger partial charge in [0.25, 0.3) is 0 Å². The monoisotopic (exact) mass is 357 g/mol. The third-order valence-corrected chi connectivity index (χ3v) is 5.21. The molecule has 140 valence electrons. The first-order valence-corrected chi connectivity index (χ1v) is 9.63. The van der Waals surface area contributed by atoms with Crippen molar-refractivity contribution in [2.24, 2.45) is 10.9 Å². The molecule has 2 fully saturated rings. The van der Waals surface area contributed by atoms with Crippen LogP contribution in [0, 0.1) is 23.1 Å². The lowest BCUT2D eigenvalue weighted by atomic mass is 10.1. The number of hydrogen-bond donors (Lipinski definition) is 1. The Labute approximate surface area is 155 Å². The van der Waals surface area contributed by atoms with Crippen LogP contribution in [0.15, 0.2) is 23.2 Å². The van der Waals surface area contributed by atoms with Crippen LogP contribution in [0.5, 0.6) is 0 Å². The summed E-state index contributed by atoms with van der Waals surface area (Å²) in [5, 5.41) is 12.3. The number of aliphatic imine (C=N–C) groups is 1. The second-order valence-electron chi connectivity index (χ2n) is 7.20. The van der Waals surface area contributed by atoms with Gasteiger partial charge in [-0.05, 0) is 63.4 Å². The van der Waals surface area contributed by atoms with Crippen LogP contribution in [0.25, 0.3) is 0 Å². The maximum atomic E-state index is 14.0. The van der Waals surface area contributed by atoms with E-state index < -0.39 is 0 Å². The summed E-state index contributed by atoms with van der Waals surface area (Å²) < 4.78 is 14.0. The molecule has 2 saturated heterocycles. The third-order valence-electron chi connectivity index (χ3n) is 5.21. The Kier molecular flexibility index (Phi) is 6.45. The fraction of sp³-hybridized carbons (Fsp3) is 0.600. The average molecular weight is 357 g/mol. The molecule has 1 N–H and O–H groups in total. The van der Waals surface area contributed by atoms with Crippen molar-refractivity contribution < 1.29 is 4.39 Å². The zero-order valence-electron chi connectivity index (χ0n) is 15.5. The van der Waals surface area contributed by atoms with Crippen molar-refractivity contribution in [2.75, 3.05) is 39.3 Å². The summed E-state index contributed by atoms with van der Waals surface area (Å²) in [5.41, 5.74) is 0.931. The number of rotatable bonds is 5. The lowest BCUT2D eigenvalue weighted by Gasteiger charge is -2.23. The van der Waals surface area contributed by atoms with Crippen LogP contribution in [0.4, 0.5) is 4.39 Å². The predicted molar refractivity (Wildman–Crippen MR) is 101 cm³/mol. The van der Waals surface area contributed by atoms with Crippen molar-refractivity contribution in [3.63, 3.8) is 0 Å². The quantitative estimate of drug-likeness (QED) is 0.650. The molecule has 3 rings (SSSR count). The van der Waals surface area contributed by atoms with Gasteiger partial charge in [0.2, 0.25) is 0 Å². The summed E-state index contributed by atoms with van der Waals surface area (Å²) >= 11 is 0. The molecule has 0 amide bonds. The standard InChI is InChI=1S/C20H28FN5/c1-2-23-20(24-13-18-11-16(12-22)5-6-19(18)21)26-10-7-17(15-26)14-25-8-3-4-9-25/h5-6,11,17H,2-4,7-10,13-15H2,1H3,(H,23,24). The number of guanidine groups is 1. The molecule has 1 aromatic carbocycles. The molecule has 26 heavy (non-hydrogen) atoms. The Morgan fingerprint density at radius 3 is 2.88 bits per heavy atom. The van der Waals surface area contributed by atoms with E-state index >= 15 is 0 Å². The van der Waals surface area contributed by atoms with Crippen LogP contribution in [0.3, 0.4) is 0 Å². The van der Waals surface area contributed by atoms with E-state index in [9.17, 15) is 4.39 Å². The topological polar surface area (TPSA) is 54.7 Å². The molecule has 0 aromatic heterocycles. The lowest BCUT2D eigenvalue weighted by Crippen LogP contribution is -2.40. The second kappa shape index (κ2) is 9.00. The fourth-order valence-electron chi connectivity index (χ4n) is 3.86. The molecule has 5 nitrogen and oxygen atoms in total. The van der Waals surface area contributed by atoms with Crippen LogP contribution in [-0.2, 0) is 6.54 Å². The molecule has 0 aliphatic carbocycles. The van der Waals surface area contributed by atoms with E-state index in [0.29, 0.717) is 17.0 Å². The Balaban J connectivity index is 1.63. The largest absolute Gasteiger partial charge is 0.357 e. The molecule has 1 unspecified atom stereocenters. The highest BCUT2D eigenvalue weighted by molar-refractivity contribution is 5.80. The van der Waals surface area contributed by atoms with Crippen molar-refractivity contribution in [3.8, 4) is 6.07 Å². The molecule has 6 heteroatoms. The minimum atomic E-state index is -0.308. The van der Waals surface area contributed by atoms with Crippen molar-refractivity contribution in [1.29, 1.82) is 5.26 Å². The number of nitrogens with zero attached hydrogens (tertiary/aromatic N) is 4. The number of benzene rings is 1. The number of hydrogen-bond acceptors (Lipinski definition) is 3. The van der Waals surface area contributed by atoms with Gasteiger partial charge < -0.3 is 15.1 Å². The molecule has 2 aliphatic heterocycles. The summed E-state index contributed by atoms with van der Waals surface area (Å²) in [6.45, 7) is 8.72. The Morgan fingerprint density at radius 1 is 1.35 bits per heavy atom. The molecule has 1 atom stereocenters. The van der Waals surface area contributed by atoms with E-state index in [1.54, 1.807) is 6.07 Å². The highest BCUT2D eigenvalue weighted by atomic mass is 19.1. The van der Waals surface area contributed by atoms with Gasteiger partial charge in [-0.1, -0.05) is 0 Å². The maximum absolute atomic E-state index is 14.0. The first-order valence-electron chi connectivity index (χ1n) is 9.63. The average Bonchev–Trinajstić information content (AvgIpc) is 3.32. The van der Waals surface area contributed by atoms with Crippen LogP contribution in [0.1, 0.15) is 37.3 Å². The highest BCUT2D eigenvalue weighted by Gasteiger charge is 2.27.